The Hall–Kier alpha value is -2.86. The van der Waals surface area contributed by atoms with E-state index in [2.05, 4.69) is 15.8 Å². The van der Waals surface area contributed by atoms with Crippen LogP contribution in [0.3, 0.4) is 0 Å². The summed E-state index contributed by atoms with van der Waals surface area (Å²) in [6.07, 6.45) is 0.0213. The fourth-order valence-electron chi connectivity index (χ4n) is 1.97. The zero-order valence-corrected chi connectivity index (χ0v) is 14.4. The lowest BCUT2D eigenvalue weighted by atomic mass is 10.1. The number of nitrogens with one attached hydrogen (secondary N) is 2. The van der Waals surface area contributed by atoms with E-state index in [9.17, 15) is 14.7 Å². The summed E-state index contributed by atoms with van der Waals surface area (Å²) in [5, 5.41) is 16.3. The number of anilines is 1. The molecule has 0 spiro atoms. The molecule has 0 saturated heterocycles. The number of halogens is 1. The number of benzene rings is 2. The van der Waals surface area contributed by atoms with Crippen molar-refractivity contribution in [2.45, 2.75) is 19.8 Å². The van der Waals surface area contributed by atoms with Gasteiger partial charge in [-0.05, 0) is 48.9 Å². The van der Waals surface area contributed by atoms with Crippen molar-refractivity contribution in [1.82, 2.24) is 5.43 Å². The minimum absolute atomic E-state index is 0.00262. The quantitative estimate of drug-likeness (QED) is 0.546. The molecule has 2 aromatic carbocycles. The number of hydrogen-bond donors (Lipinski definition) is 3. The number of rotatable bonds is 6. The summed E-state index contributed by atoms with van der Waals surface area (Å²) in [6.45, 7) is 1.73. The summed E-state index contributed by atoms with van der Waals surface area (Å²) in [6, 6.07) is 13.3. The second kappa shape index (κ2) is 8.84. The van der Waals surface area contributed by atoms with Crippen molar-refractivity contribution < 1.29 is 14.7 Å². The minimum atomic E-state index is -0.368. The topological polar surface area (TPSA) is 90.8 Å². The van der Waals surface area contributed by atoms with Gasteiger partial charge in [0.2, 0.25) is 11.8 Å². The van der Waals surface area contributed by atoms with Crippen molar-refractivity contribution in [1.29, 1.82) is 0 Å². The average Bonchev–Trinajstić information content (AvgIpc) is 2.60. The molecule has 0 aliphatic carbocycles. The Morgan fingerprint density at radius 1 is 1.04 bits per heavy atom. The van der Waals surface area contributed by atoms with Gasteiger partial charge in [-0.25, -0.2) is 5.43 Å². The highest BCUT2D eigenvalue weighted by Gasteiger charge is 2.08. The van der Waals surface area contributed by atoms with Gasteiger partial charge in [0.25, 0.3) is 0 Å². The van der Waals surface area contributed by atoms with Crippen molar-refractivity contribution in [2.24, 2.45) is 5.10 Å². The number of aromatic hydroxyl groups is 1. The minimum Gasteiger partial charge on any atom is -0.508 e. The van der Waals surface area contributed by atoms with Gasteiger partial charge >= 0.3 is 0 Å². The first-order valence-corrected chi connectivity index (χ1v) is 8.00. The molecule has 130 valence electrons. The Morgan fingerprint density at radius 2 is 1.68 bits per heavy atom. The van der Waals surface area contributed by atoms with Gasteiger partial charge in [0.1, 0.15) is 5.75 Å². The molecule has 6 nitrogen and oxygen atoms in total. The number of hydrazone groups is 1. The fraction of sp³-hybridized carbons (Fsp3) is 0.167. The molecule has 0 unspecified atom stereocenters. The summed E-state index contributed by atoms with van der Waals surface area (Å²) in [5.41, 5.74) is 4.28. The van der Waals surface area contributed by atoms with Crippen LogP contribution in [0.1, 0.15) is 25.3 Å². The van der Waals surface area contributed by atoms with Crippen LogP contribution in [0, 0.1) is 0 Å². The zero-order valence-electron chi connectivity index (χ0n) is 13.6. The molecule has 2 rings (SSSR count). The molecule has 0 fully saturated rings. The SMILES string of the molecule is C/C(=N\NC(=O)CCC(=O)Nc1ccccc1Cl)c1ccc(O)cc1. The number of hydrogen-bond acceptors (Lipinski definition) is 4. The van der Waals surface area contributed by atoms with Crippen LogP contribution in [0.4, 0.5) is 5.69 Å². The zero-order chi connectivity index (χ0) is 18.2. The van der Waals surface area contributed by atoms with Gasteiger partial charge in [-0.3, -0.25) is 9.59 Å². The van der Waals surface area contributed by atoms with Crippen molar-refractivity contribution in [3.05, 3.63) is 59.1 Å². The number of carbonyl (C=O) groups excluding carboxylic acids is 2. The molecule has 0 heterocycles. The van der Waals surface area contributed by atoms with E-state index in [0.29, 0.717) is 16.4 Å². The molecule has 0 atom stereocenters. The smallest absolute Gasteiger partial charge is 0.240 e. The Kier molecular flexibility index (Phi) is 6.54. The van der Waals surface area contributed by atoms with Crippen LogP contribution in [0.25, 0.3) is 0 Å². The lowest BCUT2D eigenvalue weighted by molar-refractivity contribution is -0.124. The van der Waals surface area contributed by atoms with E-state index >= 15 is 0 Å². The number of phenols is 1. The number of amides is 2. The molecule has 0 aliphatic rings. The summed E-state index contributed by atoms with van der Waals surface area (Å²) in [5.74, 6) is -0.514. The molecule has 25 heavy (non-hydrogen) atoms. The molecular weight excluding hydrogens is 342 g/mol. The molecule has 0 aromatic heterocycles. The van der Waals surface area contributed by atoms with E-state index in [1.54, 1.807) is 43.3 Å². The second-order valence-electron chi connectivity index (χ2n) is 5.31. The van der Waals surface area contributed by atoms with Gasteiger partial charge < -0.3 is 10.4 Å². The summed E-state index contributed by atoms with van der Waals surface area (Å²) < 4.78 is 0. The van der Waals surface area contributed by atoms with Gasteiger partial charge in [0.15, 0.2) is 0 Å². The molecule has 0 saturated carbocycles. The highest BCUT2D eigenvalue weighted by atomic mass is 35.5. The van der Waals surface area contributed by atoms with Crippen molar-refractivity contribution in [3.63, 3.8) is 0 Å². The third-order valence-corrected chi connectivity index (χ3v) is 3.69. The van der Waals surface area contributed by atoms with Gasteiger partial charge in [-0.1, -0.05) is 23.7 Å². The largest absolute Gasteiger partial charge is 0.508 e. The molecule has 3 N–H and O–H groups in total. The van der Waals surface area contributed by atoms with Crippen LogP contribution in [-0.4, -0.2) is 22.6 Å². The maximum atomic E-state index is 11.9. The Morgan fingerprint density at radius 3 is 2.36 bits per heavy atom. The molecule has 2 aromatic rings. The molecule has 0 radical (unpaired) electrons. The van der Waals surface area contributed by atoms with Crippen molar-refractivity contribution in [3.8, 4) is 5.75 Å². The van der Waals surface area contributed by atoms with E-state index in [-0.39, 0.29) is 30.4 Å². The van der Waals surface area contributed by atoms with Gasteiger partial charge in [0, 0.05) is 12.8 Å². The normalized spacial score (nSPS) is 11.0. The molecule has 7 heteroatoms. The van der Waals surface area contributed by atoms with E-state index in [1.807, 2.05) is 0 Å². The third kappa shape index (κ3) is 5.93. The number of phenolic OH excluding ortho intramolecular Hbond substituents is 1. The van der Waals surface area contributed by atoms with Gasteiger partial charge in [-0.15, -0.1) is 0 Å². The Labute approximate surface area is 150 Å². The predicted molar refractivity (Wildman–Crippen MR) is 97.8 cm³/mol. The van der Waals surface area contributed by atoms with Gasteiger partial charge in [0.05, 0.1) is 16.4 Å². The summed E-state index contributed by atoms with van der Waals surface area (Å²) in [7, 11) is 0. The highest BCUT2D eigenvalue weighted by Crippen LogP contribution is 2.20. The standard InChI is InChI=1S/C18H18ClN3O3/c1-12(13-6-8-14(23)9-7-13)21-22-18(25)11-10-17(24)20-16-5-3-2-4-15(16)19/h2-9,23H,10-11H2,1H3,(H,20,24)(H,22,25)/b21-12+. The maximum Gasteiger partial charge on any atom is 0.240 e. The lowest BCUT2D eigenvalue weighted by Crippen LogP contribution is -2.21. The van der Waals surface area contributed by atoms with Crippen LogP contribution < -0.4 is 10.7 Å². The number of nitrogens with zero attached hydrogens (tertiary/aromatic N) is 1. The molecule has 0 bridgehead atoms. The van der Waals surface area contributed by atoms with Crippen LogP contribution in [-0.2, 0) is 9.59 Å². The van der Waals surface area contributed by atoms with Crippen LogP contribution in [0.15, 0.2) is 53.6 Å². The highest BCUT2D eigenvalue weighted by molar-refractivity contribution is 6.33. The fourth-order valence-corrected chi connectivity index (χ4v) is 2.15. The lowest BCUT2D eigenvalue weighted by Gasteiger charge is -2.06. The molecule has 0 aliphatic heterocycles. The number of para-hydroxylation sites is 1. The van der Waals surface area contributed by atoms with E-state index in [1.165, 1.54) is 12.1 Å². The monoisotopic (exact) mass is 359 g/mol. The summed E-state index contributed by atoms with van der Waals surface area (Å²) >= 11 is 5.96. The first-order valence-electron chi connectivity index (χ1n) is 7.62. The van der Waals surface area contributed by atoms with E-state index < -0.39 is 0 Å². The Balaban J connectivity index is 1.80. The van der Waals surface area contributed by atoms with E-state index in [4.69, 9.17) is 11.6 Å². The molecular formula is C18H18ClN3O3. The average molecular weight is 360 g/mol. The van der Waals surface area contributed by atoms with Crippen LogP contribution in [0.5, 0.6) is 5.75 Å². The molecule has 2 amide bonds. The maximum absolute atomic E-state index is 11.9. The van der Waals surface area contributed by atoms with E-state index in [0.717, 1.165) is 5.56 Å². The van der Waals surface area contributed by atoms with Crippen molar-refractivity contribution in [2.75, 3.05) is 5.32 Å². The summed E-state index contributed by atoms with van der Waals surface area (Å²) in [4.78, 5) is 23.6. The Bertz CT molecular complexity index is 788. The first-order chi connectivity index (χ1) is 12.0. The van der Waals surface area contributed by atoms with Gasteiger partial charge in [-0.2, -0.15) is 5.10 Å². The second-order valence-corrected chi connectivity index (χ2v) is 5.71. The van der Waals surface area contributed by atoms with Crippen molar-refractivity contribution >= 4 is 34.8 Å². The van der Waals surface area contributed by atoms with Crippen LogP contribution >= 0.6 is 11.6 Å². The van der Waals surface area contributed by atoms with Crippen LogP contribution in [0.2, 0.25) is 5.02 Å². The first kappa shape index (κ1) is 18.5. The predicted octanol–water partition coefficient (Wildman–Crippen LogP) is 3.30. The third-order valence-electron chi connectivity index (χ3n) is 3.36. The number of carbonyl (C=O) groups is 2.